The Balaban J connectivity index is 2.52. The van der Waals surface area contributed by atoms with Gasteiger partial charge >= 0.3 is 0 Å². The normalized spacial score (nSPS) is 15.5. The van der Waals surface area contributed by atoms with Gasteiger partial charge in [-0.05, 0) is 50.2 Å². The van der Waals surface area contributed by atoms with Crippen molar-refractivity contribution in [2.45, 2.75) is 46.0 Å². The second-order valence-corrected chi connectivity index (χ2v) is 3.75. The summed E-state index contributed by atoms with van der Waals surface area (Å²) >= 11 is 0. The Morgan fingerprint density at radius 2 is 1.77 bits per heavy atom. The molecule has 0 bridgehead atoms. The van der Waals surface area contributed by atoms with E-state index in [9.17, 15) is 0 Å². The van der Waals surface area contributed by atoms with Crippen LogP contribution in [0, 0.1) is 6.92 Å². The molecular formula is C11H16N2. The fourth-order valence-corrected chi connectivity index (χ4v) is 2.16. The lowest BCUT2D eigenvalue weighted by Crippen LogP contribution is -2.11. The van der Waals surface area contributed by atoms with Gasteiger partial charge in [0.1, 0.15) is 0 Å². The molecule has 0 N–H and O–H groups in total. The minimum atomic E-state index is 1.02. The van der Waals surface area contributed by atoms with Crippen molar-refractivity contribution in [1.82, 2.24) is 10.2 Å². The molecule has 0 fully saturated rings. The lowest BCUT2D eigenvalue weighted by atomic mass is 9.89. The number of aryl methyl sites for hydroxylation is 2. The molecule has 0 aromatic carbocycles. The Morgan fingerprint density at radius 1 is 1.08 bits per heavy atom. The Labute approximate surface area is 79.4 Å². The van der Waals surface area contributed by atoms with E-state index in [2.05, 4.69) is 24.0 Å². The number of aromatic nitrogens is 2. The van der Waals surface area contributed by atoms with Crippen LogP contribution in [0.15, 0.2) is 0 Å². The zero-order valence-corrected chi connectivity index (χ0v) is 8.43. The van der Waals surface area contributed by atoms with Gasteiger partial charge in [0.25, 0.3) is 0 Å². The second-order valence-electron chi connectivity index (χ2n) is 3.75. The predicted octanol–water partition coefficient (Wildman–Crippen LogP) is 2.23. The van der Waals surface area contributed by atoms with Gasteiger partial charge in [-0.3, -0.25) is 0 Å². The first kappa shape index (κ1) is 8.67. The fraction of sp³-hybridized carbons (Fsp3) is 0.636. The van der Waals surface area contributed by atoms with Crippen molar-refractivity contribution in [2.75, 3.05) is 0 Å². The first-order valence-corrected chi connectivity index (χ1v) is 5.16. The summed E-state index contributed by atoms with van der Waals surface area (Å²) in [5.41, 5.74) is 5.35. The average Bonchev–Trinajstić information content (AvgIpc) is 2.19. The number of nitrogens with zero attached hydrogens (tertiary/aromatic N) is 2. The number of hydrogen-bond acceptors (Lipinski definition) is 2. The summed E-state index contributed by atoms with van der Waals surface area (Å²) in [6, 6.07) is 0. The first-order valence-electron chi connectivity index (χ1n) is 5.16. The summed E-state index contributed by atoms with van der Waals surface area (Å²) in [6.45, 7) is 4.24. The molecule has 2 heteroatoms. The van der Waals surface area contributed by atoms with E-state index in [0.717, 1.165) is 12.1 Å². The maximum Gasteiger partial charge on any atom is 0.0663 e. The van der Waals surface area contributed by atoms with Crippen molar-refractivity contribution in [3.63, 3.8) is 0 Å². The third-order valence-electron chi connectivity index (χ3n) is 2.91. The zero-order valence-electron chi connectivity index (χ0n) is 8.43. The highest BCUT2D eigenvalue weighted by Gasteiger charge is 2.16. The van der Waals surface area contributed by atoms with Gasteiger partial charge in [0.2, 0.25) is 0 Å². The molecule has 0 saturated carbocycles. The van der Waals surface area contributed by atoms with E-state index in [4.69, 9.17) is 0 Å². The molecule has 0 unspecified atom stereocenters. The van der Waals surface area contributed by atoms with Crippen LogP contribution in [0.2, 0.25) is 0 Å². The van der Waals surface area contributed by atoms with Crippen LogP contribution >= 0.6 is 0 Å². The molecular weight excluding hydrogens is 160 g/mol. The van der Waals surface area contributed by atoms with E-state index >= 15 is 0 Å². The van der Waals surface area contributed by atoms with Crippen molar-refractivity contribution >= 4 is 0 Å². The second kappa shape index (κ2) is 3.44. The molecule has 13 heavy (non-hydrogen) atoms. The van der Waals surface area contributed by atoms with Crippen LogP contribution in [-0.4, -0.2) is 10.2 Å². The van der Waals surface area contributed by atoms with E-state index < -0.39 is 0 Å². The quantitative estimate of drug-likeness (QED) is 0.655. The zero-order chi connectivity index (χ0) is 9.26. The minimum absolute atomic E-state index is 1.02. The Kier molecular flexibility index (Phi) is 2.30. The molecule has 0 atom stereocenters. The molecule has 1 aromatic heterocycles. The van der Waals surface area contributed by atoms with Crippen molar-refractivity contribution in [1.29, 1.82) is 0 Å². The third-order valence-corrected chi connectivity index (χ3v) is 2.91. The van der Waals surface area contributed by atoms with Crippen molar-refractivity contribution in [3.8, 4) is 0 Å². The molecule has 1 aliphatic carbocycles. The van der Waals surface area contributed by atoms with E-state index in [1.54, 1.807) is 0 Å². The molecule has 2 rings (SSSR count). The van der Waals surface area contributed by atoms with Crippen LogP contribution < -0.4 is 0 Å². The summed E-state index contributed by atoms with van der Waals surface area (Å²) in [5.74, 6) is 0. The fourth-order valence-electron chi connectivity index (χ4n) is 2.16. The Hall–Kier alpha value is -0.920. The molecule has 0 amide bonds. The molecule has 0 aliphatic heterocycles. The van der Waals surface area contributed by atoms with Crippen LogP contribution in [0.3, 0.4) is 0 Å². The van der Waals surface area contributed by atoms with Crippen molar-refractivity contribution in [3.05, 3.63) is 22.5 Å². The summed E-state index contributed by atoms with van der Waals surface area (Å²) in [6.07, 6.45) is 6.10. The molecule has 70 valence electrons. The topological polar surface area (TPSA) is 25.8 Å². The predicted molar refractivity (Wildman–Crippen MR) is 52.8 cm³/mol. The largest absolute Gasteiger partial charge is 0.155 e. The van der Waals surface area contributed by atoms with E-state index in [1.807, 2.05) is 0 Å². The summed E-state index contributed by atoms with van der Waals surface area (Å²) in [4.78, 5) is 0. The highest BCUT2D eigenvalue weighted by Crippen LogP contribution is 2.24. The molecule has 1 heterocycles. The van der Waals surface area contributed by atoms with Crippen LogP contribution in [0.25, 0.3) is 0 Å². The van der Waals surface area contributed by atoms with Crippen LogP contribution in [-0.2, 0) is 19.3 Å². The number of hydrogen-bond donors (Lipinski definition) is 0. The summed E-state index contributed by atoms with van der Waals surface area (Å²) in [7, 11) is 0. The van der Waals surface area contributed by atoms with E-state index in [1.165, 1.54) is 42.5 Å². The lowest BCUT2D eigenvalue weighted by molar-refractivity contribution is 0.654. The maximum absolute atomic E-state index is 4.26. The number of rotatable bonds is 1. The van der Waals surface area contributed by atoms with Gasteiger partial charge in [-0.2, -0.15) is 10.2 Å². The highest BCUT2D eigenvalue weighted by atomic mass is 15.1. The van der Waals surface area contributed by atoms with Gasteiger partial charge in [0.05, 0.1) is 11.4 Å². The molecule has 0 spiro atoms. The molecule has 0 saturated heterocycles. The molecule has 1 aliphatic rings. The van der Waals surface area contributed by atoms with Gasteiger partial charge in [-0.1, -0.05) is 6.92 Å². The Bertz CT molecular complexity index is 318. The van der Waals surface area contributed by atoms with Gasteiger partial charge in [0, 0.05) is 0 Å². The summed E-state index contributed by atoms with van der Waals surface area (Å²) < 4.78 is 0. The third kappa shape index (κ3) is 1.45. The standard InChI is InChI=1S/C11H16N2/c1-3-11-10-7-5-4-6-9(10)8(2)12-13-11/h3-7H2,1-2H3. The van der Waals surface area contributed by atoms with E-state index in [0.29, 0.717) is 0 Å². The first-order chi connectivity index (χ1) is 6.33. The van der Waals surface area contributed by atoms with Crippen LogP contribution in [0.5, 0.6) is 0 Å². The smallest absolute Gasteiger partial charge is 0.0663 e. The van der Waals surface area contributed by atoms with Gasteiger partial charge in [-0.25, -0.2) is 0 Å². The Morgan fingerprint density at radius 3 is 2.46 bits per heavy atom. The molecule has 2 nitrogen and oxygen atoms in total. The number of fused-ring (bicyclic) bond motifs is 1. The van der Waals surface area contributed by atoms with Crippen LogP contribution in [0.4, 0.5) is 0 Å². The molecule has 0 radical (unpaired) electrons. The minimum Gasteiger partial charge on any atom is -0.155 e. The maximum atomic E-state index is 4.26. The van der Waals surface area contributed by atoms with Gasteiger partial charge in [0.15, 0.2) is 0 Å². The highest BCUT2D eigenvalue weighted by molar-refractivity contribution is 5.34. The lowest BCUT2D eigenvalue weighted by Gasteiger charge is -2.18. The SMILES string of the molecule is CCc1nnc(C)c2c1CCCC2. The van der Waals surface area contributed by atoms with Gasteiger partial charge in [-0.15, -0.1) is 0 Å². The van der Waals surface area contributed by atoms with Crippen molar-refractivity contribution < 1.29 is 0 Å². The average molecular weight is 176 g/mol. The van der Waals surface area contributed by atoms with E-state index in [-0.39, 0.29) is 0 Å². The van der Waals surface area contributed by atoms with Crippen LogP contribution in [0.1, 0.15) is 42.3 Å². The van der Waals surface area contributed by atoms with Gasteiger partial charge < -0.3 is 0 Å². The monoisotopic (exact) mass is 176 g/mol. The van der Waals surface area contributed by atoms with Crippen molar-refractivity contribution in [2.24, 2.45) is 0 Å². The summed E-state index contributed by atoms with van der Waals surface area (Å²) in [5, 5.41) is 8.47. The molecule has 1 aromatic rings.